The molecule has 3 rings (SSSR count). The van der Waals surface area contributed by atoms with Gasteiger partial charge in [-0.05, 0) is 6.42 Å². The maximum Gasteiger partial charge on any atom is 0.354 e. The highest BCUT2D eigenvalue weighted by Gasteiger charge is 2.43. The van der Waals surface area contributed by atoms with Crippen LogP contribution < -0.4 is 5.73 Å². The topological polar surface area (TPSA) is 157 Å². The largest absolute Gasteiger partial charge is 0.492 e. The molecule has 0 aliphatic carbocycles. The normalized spacial score (nSPS) is 25.9. The van der Waals surface area contributed by atoms with Gasteiger partial charge in [-0.2, -0.15) is 9.97 Å². The molecule has 1 fully saturated rings. The van der Waals surface area contributed by atoms with Crippen LogP contribution in [0, 0.1) is 5.92 Å². The van der Waals surface area contributed by atoms with Gasteiger partial charge in [-0.3, -0.25) is 4.57 Å². The van der Waals surface area contributed by atoms with Gasteiger partial charge in [0.25, 0.3) is 0 Å². The van der Waals surface area contributed by atoms with E-state index in [4.69, 9.17) is 31.9 Å². The van der Waals surface area contributed by atoms with Gasteiger partial charge in [0.1, 0.15) is 5.56 Å². The Kier molecular flexibility index (Phi) is 3.74. The zero-order chi connectivity index (χ0) is 16.1. The first-order valence-electron chi connectivity index (χ1n) is 6.28. The molecule has 0 bridgehead atoms. The molecule has 3 heterocycles. The molecule has 0 unspecified atom stereocenters. The van der Waals surface area contributed by atoms with Crippen molar-refractivity contribution in [3.05, 3.63) is 6.33 Å². The van der Waals surface area contributed by atoms with Crippen LogP contribution in [0.5, 0.6) is 5.88 Å². The van der Waals surface area contributed by atoms with Crippen molar-refractivity contribution < 1.29 is 24.2 Å². The lowest BCUT2D eigenvalue weighted by Crippen LogP contribution is -2.16. The number of halogens is 1. The summed E-state index contributed by atoms with van der Waals surface area (Å²) in [6.07, 6.45) is 1.53. The van der Waals surface area contributed by atoms with E-state index in [0.717, 1.165) is 0 Å². The van der Waals surface area contributed by atoms with E-state index in [9.17, 15) is 9.67 Å². The third kappa shape index (κ3) is 2.75. The summed E-state index contributed by atoms with van der Waals surface area (Å²) in [5, 5.41) is 9.67. The van der Waals surface area contributed by atoms with Crippen LogP contribution in [-0.4, -0.2) is 45.8 Å². The minimum atomic E-state index is -4.36. The van der Waals surface area contributed by atoms with Gasteiger partial charge < -0.3 is 29.9 Å². The number of nitrogens with zero attached hydrogens (tertiary/aromatic N) is 4. The second kappa shape index (κ2) is 5.32. The van der Waals surface area contributed by atoms with Gasteiger partial charge in [0.05, 0.1) is 6.33 Å². The molecule has 12 heteroatoms. The van der Waals surface area contributed by atoms with E-state index in [1.165, 1.54) is 6.33 Å². The summed E-state index contributed by atoms with van der Waals surface area (Å²) in [5.74, 6) is -2.01. The van der Waals surface area contributed by atoms with Gasteiger partial charge in [-0.1, -0.05) is 11.6 Å². The number of ether oxygens (including phenoxy) is 1. The Bertz CT molecular complexity index is 763. The van der Waals surface area contributed by atoms with E-state index in [2.05, 4.69) is 15.0 Å². The zero-order valence-electron chi connectivity index (χ0n) is 11.1. The van der Waals surface area contributed by atoms with Crippen molar-refractivity contribution in [2.45, 2.75) is 24.4 Å². The molecule has 0 saturated carbocycles. The van der Waals surface area contributed by atoms with Crippen LogP contribution in [0.2, 0.25) is 0 Å². The third-order valence-electron chi connectivity index (χ3n) is 3.43. The molecular weight excluding hydrogens is 337 g/mol. The standard InChI is InChI=1S/C10H13ClN5O5P/c11-7-4(1-5(21-7)22(18,19)20)2-16-3-13-6-8(16)14-10(12)15-9(6)17/h3-5,7H,1-2H2,(H2,18,19,20)(H3,12,14,15,17)/t4-,5-,7+/m1/s1. The summed E-state index contributed by atoms with van der Waals surface area (Å²) in [7, 11) is -4.36. The first-order chi connectivity index (χ1) is 10.3. The lowest BCUT2D eigenvalue weighted by Gasteiger charge is -2.12. The van der Waals surface area contributed by atoms with Crippen molar-refractivity contribution in [2.24, 2.45) is 5.92 Å². The summed E-state index contributed by atoms with van der Waals surface area (Å²) >= 11 is 6.00. The van der Waals surface area contributed by atoms with E-state index in [0.29, 0.717) is 5.65 Å². The van der Waals surface area contributed by atoms with Gasteiger partial charge in [0, 0.05) is 12.5 Å². The molecule has 3 atom stereocenters. The molecule has 5 N–H and O–H groups in total. The van der Waals surface area contributed by atoms with E-state index in [1.54, 1.807) is 4.57 Å². The van der Waals surface area contributed by atoms with Gasteiger partial charge >= 0.3 is 7.60 Å². The average Bonchev–Trinajstić information content (AvgIpc) is 2.95. The van der Waals surface area contributed by atoms with E-state index >= 15 is 0 Å². The molecule has 2 aromatic heterocycles. The summed E-state index contributed by atoms with van der Waals surface area (Å²) in [5.41, 5.74) is 5.15. The van der Waals surface area contributed by atoms with Crippen molar-refractivity contribution in [2.75, 3.05) is 5.73 Å². The predicted octanol–water partition coefficient (Wildman–Crippen LogP) is 0.219. The van der Waals surface area contributed by atoms with Crippen molar-refractivity contribution in [1.82, 2.24) is 19.5 Å². The van der Waals surface area contributed by atoms with E-state index in [1.807, 2.05) is 0 Å². The predicted molar refractivity (Wildman–Crippen MR) is 76.1 cm³/mol. The van der Waals surface area contributed by atoms with Crippen LogP contribution in [0.25, 0.3) is 11.2 Å². The quantitative estimate of drug-likeness (QED) is 0.449. The number of imidazole rings is 1. The molecule has 0 spiro atoms. The molecular formula is C10H13ClN5O5P. The number of hydrogen-bond donors (Lipinski definition) is 4. The first-order valence-corrected chi connectivity index (χ1v) is 8.39. The maximum atomic E-state index is 11.3. The van der Waals surface area contributed by atoms with Crippen LogP contribution in [0.15, 0.2) is 6.33 Å². The minimum Gasteiger partial charge on any atom is -0.492 e. The molecule has 10 nitrogen and oxygen atoms in total. The molecule has 22 heavy (non-hydrogen) atoms. The summed E-state index contributed by atoms with van der Waals surface area (Å²) in [4.78, 5) is 29.9. The Morgan fingerprint density at radius 3 is 2.86 bits per heavy atom. The van der Waals surface area contributed by atoms with Crippen LogP contribution >= 0.6 is 19.2 Å². The lowest BCUT2D eigenvalue weighted by atomic mass is 10.1. The smallest absolute Gasteiger partial charge is 0.354 e. The van der Waals surface area contributed by atoms with Crippen molar-refractivity contribution in [3.8, 4) is 5.88 Å². The third-order valence-corrected chi connectivity index (χ3v) is 4.97. The molecule has 0 radical (unpaired) electrons. The molecule has 1 aliphatic rings. The summed E-state index contributed by atoms with van der Waals surface area (Å²) < 4.78 is 17.9. The number of rotatable bonds is 3. The highest BCUT2D eigenvalue weighted by atomic mass is 35.5. The fraction of sp³-hybridized carbons (Fsp3) is 0.500. The van der Waals surface area contributed by atoms with Gasteiger partial charge in [-0.15, -0.1) is 0 Å². The molecule has 1 saturated heterocycles. The maximum absolute atomic E-state index is 11.3. The SMILES string of the molecule is Nc1nc(O)c2ncn(C[C@H]3C[C@@H](P(=O)(O)O)O[C@@H]3Cl)c2n1. The average molecular weight is 350 g/mol. The van der Waals surface area contributed by atoms with Crippen molar-refractivity contribution in [3.63, 3.8) is 0 Å². The Morgan fingerprint density at radius 2 is 2.23 bits per heavy atom. The Morgan fingerprint density at radius 1 is 1.50 bits per heavy atom. The highest BCUT2D eigenvalue weighted by molar-refractivity contribution is 7.52. The van der Waals surface area contributed by atoms with Gasteiger partial charge in [-0.25, -0.2) is 4.98 Å². The van der Waals surface area contributed by atoms with E-state index in [-0.39, 0.29) is 36.2 Å². The number of fused-ring (bicyclic) bond motifs is 1. The first kappa shape index (κ1) is 15.4. The minimum absolute atomic E-state index is 0.102. The van der Waals surface area contributed by atoms with Crippen LogP contribution in [0.1, 0.15) is 6.42 Å². The number of nitrogens with two attached hydrogens (primary N) is 1. The number of nitrogen functional groups attached to an aromatic ring is 1. The Labute approximate surface area is 129 Å². The summed E-state index contributed by atoms with van der Waals surface area (Å²) in [6, 6.07) is 0. The van der Waals surface area contributed by atoms with Crippen LogP contribution in [0.4, 0.5) is 5.95 Å². The molecule has 1 aliphatic heterocycles. The second-order valence-corrected chi connectivity index (χ2v) is 7.19. The monoisotopic (exact) mass is 349 g/mol. The fourth-order valence-electron chi connectivity index (χ4n) is 2.39. The number of hydrogen-bond acceptors (Lipinski definition) is 7. The fourth-order valence-corrected chi connectivity index (χ4v) is 3.60. The number of anilines is 1. The van der Waals surface area contributed by atoms with Crippen LogP contribution in [-0.2, 0) is 15.8 Å². The number of alkyl halides is 1. The molecule has 0 amide bonds. The highest BCUT2D eigenvalue weighted by Crippen LogP contribution is 2.50. The zero-order valence-corrected chi connectivity index (χ0v) is 12.7. The van der Waals surface area contributed by atoms with E-state index < -0.39 is 19.0 Å². The second-order valence-electron chi connectivity index (χ2n) is 5.00. The summed E-state index contributed by atoms with van der Waals surface area (Å²) in [6.45, 7) is 0.261. The molecule has 2 aromatic rings. The Balaban J connectivity index is 1.86. The van der Waals surface area contributed by atoms with Gasteiger partial charge in [0.15, 0.2) is 17.0 Å². The van der Waals surface area contributed by atoms with Crippen molar-refractivity contribution >= 4 is 36.3 Å². The number of aromatic hydroxyl groups is 1. The molecule has 0 aromatic carbocycles. The van der Waals surface area contributed by atoms with Crippen molar-refractivity contribution in [1.29, 1.82) is 0 Å². The molecule has 120 valence electrons. The van der Waals surface area contributed by atoms with Gasteiger partial charge in [0.2, 0.25) is 11.8 Å². The van der Waals surface area contributed by atoms with Crippen LogP contribution in [0.3, 0.4) is 0 Å². The number of aromatic nitrogens is 4. The Hall–Kier alpha value is -1.45. The lowest BCUT2D eigenvalue weighted by molar-refractivity contribution is 0.107.